The molecule has 0 saturated carbocycles. The van der Waals surface area contributed by atoms with Crippen LogP contribution in [0.25, 0.3) is 0 Å². The highest BCUT2D eigenvalue weighted by atomic mass is 16.1. The van der Waals surface area contributed by atoms with Gasteiger partial charge in [0.05, 0.1) is 5.56 Å². The average molecular weight is 236 g/mol. The lowest BCUT2D eigenvalue weighted by Gasteiger charge is -1.96. The van der Waals surface area contributed by atoms with Crippen molar-refractivity contribution in [1.82, 2.24) is 4.98 Å². The van der Waals surface area contributed by atoms with Gasteiger partial charge in [-0.2, -0.15) is 0 Å². The lowest BCUT2D eigenvalue weighted by Crippen LogP contribution is -2.11. The molecule has 0 bridgehead atoms. The lowest BCUT2D eigenvalue weighted by molar-refractivity contribution is 0.1000. The zero-order valence-corrected chi connectivity index (χ0v) is 9.97. The van der Waals surface area contributed by atoms with Crippen LogP contribution in [0.4, 0.5) is 0 Å². The van der Waals surface area contributed by atoms with Crippen LogP contribution in [0.1, 0.15) is 27.0 Å². The first-order chi connectivity index (χ1) is 8.66. The van der Waals surface area contributed by atoms with E-state index >= 15 is 0 Å². The van der Waals surface area contributed by atoms with Crippen molar-refractivity contribution in [1.29, 1.82) is 0 Å². The van der Waals surface area contributed by atoms with E-state index in [1.165, 1.54) is 6.20 Å². The van der Waals surface area contributed by atoms with E-state index < -0.39 is 5.91 Å². The molecule has 1 aromatic heterocycles. The van der Waals surface area contributed by atoms with Crippen molar-refractivity contribution in [2.45, 2.75) is 6.92 Å². The van der Waals surface area contributed by atoms with Crippen LogP contribution in [0.3, 0.4) is 0 Å². The normalized spacial score (nSPS) is 9.39. The Morgan fingerprint density at radius 3 is 2.72 bits per heavy atom. The minimum absolute atomic E-state index is 0.367. The largest absolute Gasteiger partial charge is 0.366 e. The molecule has 0 aliphatic carbocycles. The minimum atomic E-state index is -0.498. The molecule has 0 saturated heterocycles. The fourth-order valence-corrected chi connectivity index (χ4v) is 1.50. The molecule has 3 nitrogen and oxygen atoms in total. The molecular formula is C15H12N2O. The number of aryl methyl sites for hydroxylation is 1. The second-order valence-corrected chi connectivity index (χ2v) is 3.89. The summed E-state index contributed by atoms with van der Waals surface area (Å²) in [5.41, 5.74) is 8.30. The first kappa shape index (κ1) is 11.9. The second kappa shape index (κ2) is 5.15. The van der Waals surface area contributed by atoms with E-state index in [0.717, 1.165) is 11.1 Å². The number of benzene rings is 1. The van der Waals surface area contributed by atoms with Crippen LogP contribution in [0.2, 0.25) is 0 Å². The Morgan fingerprint density at radius 2 is 2.00 bits per heavy atom. The molecule has 1 aromatic carbocycles. The summed E-state index contributed by atoms with van der Waals surface area (Å²) in [6, 6.07) is 9.50. The summed E-state index contributed by atoms with van der Waals surface area (Å²) in [7, 11) is 0. The zero-order valence-electron chi connectivity index (χ0n) is 9.97. The van der Waals surface area contributed by atoms with E-state index in [2.05, 4.69) is 16.8 Å². The Labute approximate surface area is 106 Å². The van der Waals surface area contributed by atoms with Gasteiger partial charge >= 0.3 is 0 Å². The van der Waals surface area contributed by atoms with Crippen LogP contribution in [-0.2, 0) is 0 Å². The van der Waals surface area contributed by atoms with Gasteiger partial charge in [0, 0.05) is 23.5 Å². The van der Waals surface area contributed by atoms with E-state index in [1.54, 1.807) is 12.3 Å². The third-order valence-corrected chi connectivity index (χ3v) is 2.51. The number of nitrogens with zero attached hydrogens (tertiary/aromatic N) is 1. The van der Waals surface area contributed by atoms with Gasteiger partial charge in [-0.05, 0) is 24.6 Å². The number of nitrogens with two attached hydrogens (primary N) is 1. The third-order valence-electron chi connectivity index (χ3n) is 2.51. The first-order valence-electron chi connectivity index (χ1n) is 5.49. The molecule has 1 heterocycles. The number of hydrogen-bond donors (Lipinski definition) is 1. The van der Waals surface area contributed by atoms with Crippen LogP contribution in [0.5, 0.6) is 0 Å². The van der Waals surface area contributed by atoms with E-state index in [9.17, 15) is 4.79 Å². The fraction of sp³-hybridized carbons (Fsp3) is 0.0667. The number of aromatic nitrogens is 1. The van der Waals surface area contributed by atoms with E-state index in [4.69, 9.17) is 5.73 Å². The Balaban J connectivity index is 2.33. The van der Waals surface area contributed by atoms with Crippen LogP contribution < -0.4 is 5.73 Å². The molecule has 0 unspecified atom stereocenters. The lowest BCUT2D eigenvalue weighted by atomic mass is 10.1. The van der Waals surface area contributed by atoms with Gasteiger partial charge in [-0.25, -0.2) is 0 Å². The topological polar surface area (TPSA) is 56.0 Å². The first-order valence-corrected chi connectivity index (χ1v) is 5.49. The summed E-state index contributed by atoms with van der Waals surface area (Å²) in [5.74, 6) is 5.53. The van der Waals surface area contributed by atoms with Gasteiger partial charge in [0.25, 0.3) is 0 Å². The smallest absolute Gasteiger partial charge is 0.250 e. The highest BCUT2D eigenvalue weighted by Gasteiger charge is 2.00. The average Bonchev–Trinajstić information content (AvgIpc) is 2.38. The van der Waals surface area contributed by atoms with E-state index in [-0.39, 0.29) is 0 Å². The summed E-state index contributed by atoms with van der Waals surface area (Å²) < 4.78 is 0. The van der Waals surface area contributed by atoms with Crippen molar-refractivity contribution in [3.63, 3.8) is 0 Å². The molecule has 0 spiro atoms. The third kappa shape index (κ3) is 2.74. The molecule has 1 amide bonds. The maximum Gasteiger partial charge on any atom is 0.250 e. The monoisotopic (exact) mass is 236 g/mol. The summed E-state index contributed by atoms with van der Waals surface area (Å²) in [6.07, 6.45) is 3.04. The van der Waals surface area contributed by atoms with Gasteiger partial charge in [-0.1, -0.05) is 30.0 Å². The molecule has 0 aliphatic rings. The number of primary amides is 1. The molecule has 0 aliphatic heterocycles. The molecule has 0 fully saturated rings. The van der Waals surface area contributed by atoms with Gasteiger partial charge < -0.3 is 5.73 Å². The molecule has 0 radical (unpaired) electrons. The van der Waals surface area contributed by atoms with Crippen molar-refractivity contribution in [2.24, 2.45) is 5.73 Å². The molecule has 2 N–H and O–H groups in total. The SMILES string of the molecule is Cc1ccccc1C#Cc1cncc(C(N)=O)c1. The van der Waals surface area contributed by atoms with Gasteiger partial charge in [-0.15, -0.1) is 0 Å². The number of pyridine rings is 1. The van der Waals surface area contributed by atoms with Gasteiger partial charge in [0.2, 0.25) is 5.91 Å². The summed E-state index contributed by atoms with van der Waals surface area (Å²) >= 11 is 0. The van der Waals surface area contributed by atoms with Gasteiger partial charge in [0.15, 0.2) is 0 Å². The number of amides is 1. The quantitative estimate of drug-likeness (QED) is 0.769. The maximum absolute atomic E-state index is 11.0. The van der Waals surface area contributed by atoms with Crippen LogP contribution in [0.15, 0.2) is 42.7 Å². The fourth-order valence-electron chi connectivity index (χ4n) is 1.50. The number of carbonyl (C=O) groups excluding carboxylic acids is 1. The highest BCUT2D eigenvalue weighted by molar-refractivity contribution is 5.92. The van der Waals surface area contributed by atoms with Crippen LogP contribution >= 0.6 is 0 Å². The van der Waals surface area contributed by atoms with Crippen molar-refractivity contribution >= 4 is 5.91 Å². The number of hydrogen-bond acceptors (Lipinski definition) is 2. The number of rotatable bonds is 1. The zero-order chi connectivity index (χ0) is 13.0. The van der Waals surface area contributed by atoms with Crippen LogP contribution in [0, 0.1) is 18.8 Å². The minimum Gasteiger partial charge on any atom is -0.366 e. The molecule has 2 rings (SSSR count). The predicted molar refractivity (Wildman–Crippen MR) is 69.9 cm³/mol. The predicted octanol–water partition coefficient (Wildman–Crippen LogP) is 1.89. The maximum atomic E-state index is 11.0. The van der Waals surface area contributed by atoms with Gasteiger partial charge in [0.1, 0.15) is 0 Å². The molecule has 3 heteroatoms. The molecule has 0 atom stereocenters. The van der Waals surface area contributed by atoms with E-state index in [0.29, 0.717) is 11.1 Å². The Kier molecular flexibility index (Phi) is 3.40. The van der Waals surface area contributed by atoms with Crippen LogP contribution in [-0.4, -0.2) is 10.9 Å². The van der Waals surface area contributed by atoms with Gasteiger partial charge in [-0.3, -0.25) is 9.78 Å². The second-order valence-electron chi connectivity index (χ2n) is 3.89. The van der Waals surface area contributed by atoms with Crippen molar-refractivity contribution in [3.05, 3.63) is 65.0 Å². The standard InChI is InChI=1S/C15H12N2O/c1-11-4-2-3-5-13(11)7-6-12-8-14(15(16)18)10-17-9-12/h2-5,8-10H,1H3,(H2,16,18). The van der Waals surface area contributed by atoms with Crippen molar-refractivity contribution in [2.75, 3.05) is 0 Å². The van der Waals surface area contributed by atoms with Crippen molar-refractivity contribution < 1.29 is 4.79 Å². The molecule has 2 aromatic rings. The highest BCUT2D eigenvalue weighted by Crippen LogP contribution is 2.06. The molecule has 88 valence electrons. The summed E-state index contributed by atoms with van der Waals surface area (Å²) in [5, 5.41) is 0. The Morgan fingerprint density at radius 1 is 1.22 bits per heavy atom. The summed E-state index contributed by atoms with van der Waals surface area (Å²) in [4.78, 5) is 15.0. The summed E-state index contributed by atoms with van der Waals surface area (Å²) in [6.45, 7) is 2.00. The number of carbonyl (C=O) groups is 1. The molecule has 18 heavy (non-hydrogen) atoms. The van der Waals surface area contributed by atoms with Crippen molar-refractivity contribution in [3.8, 4) is 11.8 Å². The Hall–Kier alpha value is -2.60. The molecular weight excluding hydrogens is 224 g/mol. The Bertz CT molecular complexity index is 651. The van der Waals surface area contributed by atoms with E-state index in [1.807, 2.05) is 31.2 Å².